The van der Waals surface area contributed by atoms with Crippen LogP contribution in [0.15, 0.2) is 76.2 Å². The molecule has 3 aromatic carbocycles. The van der Waals surface area contributed by atoms with E-state index < -0.39 is 11.6 Å². The van der Waals surface area contributed by atoms with Crippen molar-refractivity contribution in [2.45, 2.75) is 30.9 Å². The lowest BCUT2D eigenvalue weighted by molar-refractivity contribution is -0.130. The standard InChI is InChI=1S/C30H32BrCl2N3O5/c1-39-16-2-14-34-36-29(38)30(19-20-4-8-22(31)9-5-20)27(25-13-10-23(32)18-26(25)33)41-28(35-30)21-6-11-24(12-7-21)40-17-3-15-37/h4-13,18,27,34,37H,2-3,14-17,19H2,1H3,(H,36,38)/t27-,30-/m0/s1. The summed E-state index contributed by atoms with van der Waals surface area (Å²) in [4.78, 5) is 19.1. The Hall–Kier alpha value is -2.66. The van der Waals surface area contributed by atoms with Crippen LogP contribution < -0.4 is 15.6 Å². The number of halogens is 3. The molecule has 218 valence electrons. The van der Waals surface area contributed by atoms with E-state index in [-0.39, 0.29) is 18.9 Å². The van der Waals surface area contributed by atoms with Crippen LogP contribution in [-0.2, 0) is 20.7 Å². The molecule has 0 fully saturated rings. The highest BCUT2D eigenvalue weighted by Crippen LogP contribution is 2.45. The van der Waals surface area contributed by atoms with Crippen LogP contribution in [0.25, 0.3) is 0 Å². The topological polar surface area (TPSA) is 101 Å². The number of carbonyl (C=O) groups is 1. The number of carbonyl (C=O) groups excluding carboxylic acids is 1. The average Bonchev–Trinajstić information content (AvgIpc) is 3.34. The fourth-order valence-corrected chi connectivity index (χ4v) is 5.21. The molecule has 1 amide bonds. The molecule has 0 bridgehead atoms. The molecule has 1 heterocycles. The maximum absolute atomic E-state index is 14.1. The smallest absolute Gasteiger partial charge is 0.266 e. The number of nitrogens with one attached hydrogen (secondary N) is 2. The Morgan fingerprint density at radius 2 is 1.83 bits per heavy atom. The van der Waals surface area contributed by atoms with Crippen molar-refractivity contribution in [2.24, 2.45) is 4.99 Å². The molecule has 0 saturated carbocycles. The molecule has 1 aliphatic rings. The van der Waals surface area contributed by atoms with Crippen LogP contribution in [0.3, 0.4) is 0 Å². The van der Waals surface area contributed by atoms with Gasteiger partial charge in [-0.05, 0) is 60.5 Å². The molecule has 0 radical (unpaired) electrons. The molecule has 0 spiro atoms. The molecule has 0 saturated heterocycles. The number of nitrogens with zero attached hydrogens (tertiary/aromatic N) is 1. The summed E-state index contributed by atoms with van der Waals surface area (Å²) >= 11 is 16.4. The van der Waals surface area contributed by atoms with E-state index in [1.54, 1.807) is 37.4 Å². The van der Waals surface area contributed by atoms with Gasteiger partial charge in [0.05, 0.1) is 6.61 Å². The summed E-state index contributed by atoms with van der Waals surface area (Å²) in [5.41, 5.74) is 6.58. The third-order valence-electron chi connectivity index (χ3n) is 6.51. The van der Waals surface area contributed by atoms with Crippen LogP contribution in [0.2, 0.25) is 10.0 Å². The highest BCUT2D eigenvalue weighted by atomic mass is 79.9. The Bertz CT molecular complexity index is 1340. The lowest BCUT2D eigenvalue weighted by Gasteiger charge is -2.31. The molecule has 1 aliphatic heterocycles. The predicted molar refractivity (Wildman–Crippen MR) is 164 cm³/mol. The summed E-state index contributed by atoms with van der Waals surface area (Å²) in [6.45, 7) is 1.52. The molecule has 3 N–H and O–H groups in total. The van der Waals surface area contributed by atoms with E-state index in [2.05, 4.69) is 26.8 Å². The van der Waals surface area contributed by atoms with Gasteiger partial charge in [0, 0.05) is 65.4 Å². The monoisotopic (exact) mass is 663 g/mol. The molecule has 8 nitrogen and oxygen atoms in total. The lowest BCUT2D eigenvalue weighted by Crippen LogP contribution is -2.54. The number of amides is 1. The van der Waals surface area contributed by atoms with Crippen molar-refractivity contribution in [2.75, 3.05) is 33.5 Å². The van der Waals surface area contributed by atoms with Crippen molar-refractivity contribution < 1.29 is 24.1 Å². The number of rotatable bonds is 14. The normalized spacial score (nSPS) is 18.1. The summed E-state index contributed by atoms with van der Waals surface area (Å²) in [6, 6.07) is 20.1. The summed E-state index contributed by atoms with van der Waals surface area (Å²) in [6.07, 6.45) is 0.628. The Morgan fingerprint density at radius 3 is 2.51 bits per heavy atom. The first-order chi connectivity index (χ1) is 19.9. The van der Waals surface area contributed by atoms with Gasteiger partial charge < -0.3 is 19.3 Å². The van der Waals surface area contributed by atoms with Crippen LogP contribution in [-0.4, -0.2) is 55.9 Å². The second kappa shape index (κ2) is 15.0. The van der Waals surface area contributed by atoms with E-state index in [4.69, 9.17) is 47.5 Å². The van der Waals surface area contributed by atoms with E-state index in [9.17, 15) is 4.79 Å². The van der Waals surface area contributed by atoms with Crippen molar-refractivity contribution in [1.29, 1.82) is 0 Å². The Labute approximate surface area is 258 Å². The zero-order valence-electron chi connectivity index (χ0n) is 22.5. The van der Waals surface area contributed by atoms with E-state index in [0.717, 1.165) is 10.0 Å². The van der Waals surface area contributed by atoms with Crippen molar-refractivity contribution in [3.05, 3.63) is 97.9 Å². The Balaban J connectivity index is 1.75. The number of aliphatic hydroxyl groups is 1. The molecule has 41 heavy (non-hydrogen) atoms. The molecule has 0 aromatic heterocycles. The summed E-state index contributed by atoms with van der Waals surface area (Å²) in [5, 5.41) is 9.85. The quantitative estimate of drug-likeness (QED) is 0.152. The van der Waals surface area contributed by atoms with Crippen molar-refractivity contribution >= 4 is 50.9 Å². The number of aliphatic hydroxyl groups excluding tert-OH is 1. The van der Waals surface area contributed by atoms with E-state index in [1.165, 1.54) is 0 Å². The number of ether oxygens (including phenoxy) is 3. The SMILES string of the molecule is COCCCNNC(=O)[C@@]1(Cc2ccc(Br)cc2)N=C(c2ccc(OCCCO)cc2)O[C@H]1c1ccc(Cl)cc1Cl. The third kappa shape index (κ3) is 8.00. The van der Waals surface area contributed by atoms with Gasteiger partial charge >= 0.3 is 0 Å². The maximum atomic E-state index is 14.1. The van der Waals surface area contributed by atoms with Gasteiger partial charge in [0.15, 0.2) is 11.6 Å². The minimum absolute atomic E-state index is 0.0567. The molecule has 3 aromatic rings. The van der Waals surface area contributed by atoms with Gasteiger partial charge in [-0.1, -0.05) is 57.3 Å². The number of benzene rings is 3. The van der Waals surface area contributed by atoms with Crippen molar-refractivity contribution in [3.8, 4) is 5.75 Å². The number of methoxy groups -OCH3 is 1. The number of hydrazine groups is 1. The predicted octanol–water partition coefficient (Wildman–Crippen LogP) is 5.67. The lowest BCUT2D eigenvalue weighted by atomic mass is 9.82. The molecule has 2 atom stereocenters. The first kappa shape index (κ1) is 31.3. The van der Waals surface area contributed by atoms with Crippen LogP contribution in [0.5, 0.6) is 5.75 Å². The van der Waals surface area contributed by atoms with Crippen LogP contribution >= 0.6 is 39.1 Å². The second-order valence-electron chi connectivity index (χ2n) is 9.49. The van der Waals surface area contributed by atoms with Crippen LogP contribution in [0, 0.1) is 0 Å². The van der Waals surface area contributed by atoms with Gasteiger partial charge in [-0.15, -0.1) is 0 Å². The zero-order valence-corrected chi connectivity index (χ0v) is 25.6. The fraction of sp³-hybridized carbons (Fsp3) is 0.333. The number of hydrogen-bond donors (Lipinski definition) is 3. The number of hydrogen-bond acceptors (Lipinski definition) is 7. The van der Waals surface area contributed by atoms with E-state index >= 15 is 0 Å². The first-order valence-corrected chi connectivity index (χ1v) is 14.7. The molecule has 11 heteroatoms. The average molecular weight is 665 g/mol. The first-order valence-electron chi connectivity index (χ1n) is 13.2. The number of aliphatic imine (C=N–C) groups is 1. The summed E-state index contributed by atoms with van der Waals surface area (Å²) in [7, 11) is 1.63. The fourth-order valence-electron chi connectivity index (χ4n) is 4.44. The van der Waals surface area contributed by atoms with Gasteiger partial charge in [0.1, 0.15) is 5.75 Å². The second-order valence-corrected chi connectivity index (χ2v) is 11.2. The highest BCUT2D eigenvalue weighted by molar-refractivity contribution is 9.10. The summed E-state index contributed by atoms with van der Waals surface area (Å²) < 4.78 is 18.2. The highest BCUT2D eigenvalue weighted by Gasteiger charge is 2.54. The van der Waals surface area contributed by atoms with Gasteiger partial charge in [0.2, 0.25) is 5.90 Å². The Morgan fingerprint density at radius 1 is 1.07 bits per heavy atom. The van der Waals surface area contributed by atoms with E-state index in [0.29, 0.717) is 65.4 Å². The minimum atomic E-state index is -1.41. The minimum Gasteiger partial charge on any atom is -0.494 e. The Kier molecular flexibility index (Phi) is 11.4. The van der Waals surface area contributed by atoms with E-state index in [1.807, 2.05) is 36.4 Å². The van der Waals surface area contributed by atoms with Crippen LogP contribution in [0.4, 0.5) is 0 Å². The molecular formula is C30H32BrCl2N3O5. The summed E-state index contributed by atoms with van der Waals surface area (Å²) in [5.74, 6) is 0.583. The van der Waals surface area contributed by atoms with Crippen LogP contribution in [0.1, 0.15) is 35.6 Å². The molecular weight excluding hydrogens is 633 g/mol. The van der Waals surface area contributed by atoms with Gasteiger partial charge in [-0.3, -0.25) is 10.2 Å². The van der Waals surface area contributed by atoms with Gasteiger partial charge in [-0.25, -0.2) is 10.4 Å². The molecule has 4 rings (SSSR count). The third-order valence-corrected chi connectivity index (χ3v) is 7.61. The molecule has 0 unspecified atom stereocenters. The van der Waals surface area contributed by atoms with Crippen molar-refractivity contribution in [1.82, 2.24) is 10.9 Å². The van der Waals surface area contributed by atoms with Gasteiger partial charge in [0.25, 0.3) is 5.91 Å². The van der Waals surface area contributed by atoms with Crippen molar-refractivity contribution in [3.63, 3.8) is 0 Å². The zero-order chi connectivity index (χ0) is 29.2. The molecule has 0 aliphatic carbocycles. The van der Waals surface area contributed by atoms with Gasteiger partial charge in [-0.2, -0.15) is 0 Å². The maximum Gasteiger partial charge on any atom is 0.266 e. The largest absolute Gasteiger partial charge is 0.494 e.